The summed E-state index contributed by atoms with van der Waals surface area (Å²) in [5.41, 5.74) is 0. The number of anilines is 1. The maximum absolute atomic E-state index is 3.18. The minimum absolute atomic E-state index is 0.804. The van der Waals surface area contributed by atoms with Crippen molar-refractivity contribution in [2.75, 3.05) is 11.9 Å². The summed E-state index contributed by atoms with van der Waals surface area (Å²) in [6.45, 7) is 0. The summed E-state index contributed by atoms with van der Waals surface area (Å²) in [7, 11) is 2.14. The van der Waals surface area contributed by atoms with Crippen LogP contribution in [0.25, 0.3) is 0 Å². The predicted octanol–water partition coefficient (Wildman–Crippen LogP) is 1.61. The zero-order valence-electron chi connectivity index (χ0n) is 6.17. The average Bonchev–Trinajstić information content (AvgIpc) is 2.65. The van der Waals surface area contributed by atoms with E-state index < -0.39 is 0 Å². The van der Waals surface area contributed by atoms with Crippen LogP contribution in [0.1, 0.15) is 12.8 Å². The molecule has 0 atom stereocenters. The van der Waals surface area contributed by atoms with Gasteiger partial charge in [-0.3, -0.25) is 0 Å². The maximum atomic E-state index is 3.18. The Hall–Kier alpha value is -0.920. The monoisotopic (exact) mass is 136 g/mol. The van der Waals surface area contributed by atoms with Gasteiger partial charge in [-0.15, -0.1) is 0 Å². The highest BCUT2D eigenvalue weighted by Crippen LogP contribution is 2.28. The molecule has 0 amide bonds. The van der Waals surface area contributed by atoms with Gasteiger partial charge in [0.05, 0.1) is 0 Å². The van der Waals surface area contributed by atoms with Crippen molar-refractivity contribution in [2.24, 2.45) is 0 Å². The van der Waals surface area contributed by atoms with Crippen LogP contribution in [0.2, 0.25) is 0 Å². The van der Waals surface area contributed by atoms with E-state index in [-0.39, 0.29) is 0 Å². The first-order valence-corrected chi connectivity index (χ1v) is 3.74. The molecule has 0 aromatic carbocycles. The number of rotatable bonds is 2. The first-order chi connectivity index (χ1) is 4.88. The van der Waals surface area contributed by atoms with Crippen molar-refractivity contribution < 1.29 is 0 Å². The molecule has 2 heteroatoms. The molecule has 1 saturated carbocycles. The van der Waals surface area contributed by atoms with E-state index in [0.29, 0.717) is 0 Å². The summed E-state index contributed by atoms with van der Waals surface area (Å²) in [6, 6.07) is 4.95. The number of nitrogens with zero attached hydrogens (tertiary/aromatic N) is 1. The summed E-state index contributed by atoms with van der Waals surface area (Å²) >= 11 is 0. The van der Waals surface area contributed by atoms with Crippen molar-refractivity contribution >= 4 is 5.82 Å². The average molecular weight is 136 g/mol. The highest BCUT2D eigenvalue weighted by Gasteiger charge is 2.26. The first kappa shape index (κ1) is 5.83. The molecule has 1 heterocycles. The third kappa shape index (κ3) is 0.897. The Bertz CT molecular complexity index is 199. The Morgan fingerprint density at radius 2 is 2.40 bits per heavy atom. The van der Waals surface area contributed by atoms with Crippen molar-refractivity contribution in [2.45, 2.75) is 18.9 Å². The van der Waals surface area contributed by atoms with Crippen molar-refractivity contribution in [3.63, 3.8) is 0 Å². The summed E-state index contributed by atoms with van der Waals surface area (Å²) < 4.78 is 0. The second-order valence-electron chi connectivity index (χ2n) is 2.90. The molecular weight excluding hydrogens is 124 g/mol. The standard InChI is InChI=1S/C8H12N2/c1-10(7-4-5-7)8-3-2-6-9-8/h2-3,6-7,9H,4-5H2,1H3. The lowest BCUT2D eigenvalue weighted by Gasteiger charge is -2.15. The Morgan fingerprint density at radius 3 is 2.90 bits per heavy atom. The minimum Gasteiger partial charge on any atom is -0.358 e. The number of hydrogen-bond donors (Lipinski definition) is 1. The third-order valence-electron chi connectivity index (χ3n) is 2.06. The van der Waals surface area contributed by atoms with Crippen LogP contribution in [0.5, 0.6) is 0 Å². The largest absolute Gasteiger partial charge is 0.358 e. The van der Waals surface area contributed by atoms with E-state index in [4.69, 9.17) is 0 Å². The molecule has 0 radical (unpaired) electrons. The fraction of sp³-hybridized carbons (Fsp3) is 0.500. The van der Waals surface area contributed by atoms with Gasteiger partial charge in [-0.05, 0) is 25.0 Å². The number of H-pyrrole nitrogens is 1. The second kappa shape index (κ2) is 2.04. The molecule has 2 nitrogen and oxygen atoms in total. The molecule has 0 unspecified atom stereocenters. The lowest BCUT2D eigenvalue weighted by molar-refractivity contribution is 0.898. The highest BCUT2D eigenvalue weighted by molar-refractivity contribution is 5.40. The van der Waals surface area contributed by atoms with Gasteiger partial charge >= 0.3 is 0 Å². The van der Waals surface area contributed by atoms with Crippen LogP contribution in [0.15, 0.2) is 18.3 Å². The van der Waals surface area contributed by atoms with Gasteiger partial charge in [0, 0.05) is 19.3 Å². The quantitative estimate of drug-likeness (QED) is 0.654. The number of nitrogens with one attached hydrogen (secondary N) is 1. The molecule has 1 N–H and O–H groups in total. The van der Waals surface area contributed by atoms with E-state index in [2.05, 4.69) is 23.0 Å². The third-order valence-corrected chi connectivity index (χ3v) is 2.06. The smallest absolute Gasteiger partial charge is 0.105 e. The van der Waals surface area contributed by atoms with Gasteiger partial charge in [0.15, 0.2) is 0 Å². The van der Waals surface area contributed by atoms with Crippen LogP contribution in [0.3, 0.4) is 0 Å². The van der Waals surface area contributed by atoms with Gasteiger partial charge in [-0.2, -0.15) is 0 Å². The van der Waals surface area contributed by atoms with Crippen LogP contribution in [0, 0.1) is 0 Å². The van der Waals surface area contributed by atoms with E-state index in [0.717, 1.165) is 6.04 Å². The fourth-order valence-corrected chi connectivity index (χ4v) is 1.20. The predicted molar refractivity (Wildman–Crippen MR) is 42.2 cm³/mol. The molecule has 10 heavy (non-hydrogen) atoms. The molecule has 1 fully saturated rings. The van der Waals surface area contributed by atoms with Crippen molar-refractivity contribution in [1.82, 2.24) is 4.98 Å². The molecule has 1 aromatic heterocycles. The Morgan fingerprint density at radius 1 is 1.60 bits per heavy atom. The lowest BCUT2D eigenvalue weighted by atomic mass is 10.5. The summed E-state index contributed by atoms with van der Waals surface area (Å²) in [6.07, 6.45) is 4.68. The molecule has 0 aliphatic heterocycles. The van der Waals surface area contributed by atoms with E-state index in [1.54, 1.807) is 0 Å². The van der Waals surface area contributed by atoms with Gasteiger partial charge < -0.3 is 9.88 Å². The fourth-order valence-electron chi connectivity index (χ4n) is 1.20. The Balaban J connectivity index is 2.11. The van der Waals surface area contributed by atoms with Crippen molar-refractivity contribution in [1.29, 1.82) is 0 Å². The van der Waals surface area contributed by atoms with Gasteiger partial charge in [-0.25, -0.2) is 0 Å². The highest BCUT2D eigenvalue weighted by atomic mass is 15.2. The zero-order valence-corrected chi connectivity index (χ0v) is 6.17. The second-order valence-corrected chi connectivity index (χ2v) is 2.90. The first-order valence-electron chi connectivity index (χ1n) is 3.74. The van der Waals surface area contributed by atoms with E-state index >= 15 is 0 Å². The molecule has 0 bridgehead atoms. The van der Waals surface area contributed by atoms with Gasteiger partial charge in [0.1, 0.15) is 5.82 Å². The maximum Gasteiger partial charge on any atom is 0.105 e. The normalized spacial score (nSPS) is 17.3. The summed E-state index contributed by atoms with van der Waals surface area (Å²) in [4.78, 5) is 5.49. The zero-order chi connectivity index (χ0) is 6.97. The minimum atomic E-state index is 0.804. The van der Waals surface area contributed by atoms with Crippen LogP contribution in [-0.2, 0) is 0 Å². The number of hydrogen-bond acceptors (Lipinski definition) is 1. The lowest BCUT2D eigenvalue weighted by Crippen LogP contribution is -2.19. The summed E-state index contributed by atoms with van der Waals surface area (Å²) in [5, 5.41) is 0. The van der Waals surface area contributed by atoms with E-state index in [1.807, 2.05) is 12.3 Å². The number of aromatic nitrogens is 1. The van der Waals surface area contributed by atoms with Crippen LogP contribution >= 0.6 is 0 Å². The topological polar surface area (TPSA) is 19.0 Å². The molecule has 2 rings (SSSR count). The van der Waals surface area contributed by atoms with E-state index in [1.165, 1.54) is 18.7 Å². The number of aromatic amines is 1. The van der Waals surface area contributed by atoms with Gasteiger partial charge in [0.2, 0.25) is 0 Å². The van der Waals surface area contributed by atoms with Crippen LogP contribution < -0.4 is 4.90 Å². The molecular formula is C8H12N2. The Kier molecular flexibility index (Phi) is 1.19. The van der Waals surface area contributed by atoms with Gasteiger partial charge in [-0.1, -0.05) is 0 Å². The molecule has 54 valence electrons. The molecule has 1 aliphatic rings. The Labute approximate surface area is 60.9 Å². The SMILES string of the molecule is CN(c1ccc[nH]1)C1CC1. The molecule has 0 saturated heterocycles. The van der Waals surface area contributed by atoms with Crippen LogP contribution in [0.4, 0.5) is 5.82 Å². The van der Waals surface area contributed by atoms with Crippen LogP contribution in [-0.4, -0.2) is 18.1 Å². The molecule has 0 spiro atoms. The van der Waals surface area contributed by atoms with Crippen molar-refractivity contribution in [3.8, 4) is 0 Å². The molecule has 1 aliphatic carbocycles. The summed E-state index contributed by atoms with van der Waals surface area (Å²) in [5.74, 6) is 1.24. The molecule has 1 aromatic rings. The van der Waals surface area contributed by atoms with Crippen molar-refractivity contribution in [3.05, 3.63) is 18.3 Å². The van der Waals surface area contributed by atoms with E-state index in [9.17, 15) is 0 Å². The van der Waals surface area contributed by atoms with Gasteiger partial charge in [0.25, 0.3) is 0 Å².